The molecule has 0 heterocycles. The number of Topliss-reactive ketones (excluding diaryl/α,β-unsaturated/α-hetero) is 1. The van der Waals surface area contributed by atoms with Gasteiger partial charge < -0.3 is 14.3 Å². The molecule has 0 saturated carbocycles. The number of ketones is 1. The summed E-state index contributed by atoms with van der Waals surface area (Å²) in [6.45, 7) is 1.85. The fraction of sp³-hybridized carbons (Fsp3) is 0.412. The highest BCUT2D eigenvalue weighted by Gasteiger charge is 2.36. The Morgan fingerprint density at radius 3 is 2.65 bits per heavy atom. The lowest BCUT2D eigenvalue weighted by Gasteiger charge is -2.11. The van der Waals surface area contributed by atoms with Crippen LogP contribution < -0.4 is 4.74 Å². The first kappa shape index (κ1) is 17.5. The van der Waals surface area contributed by atoms with E-state index in [1.54, 1.807) is 14.2 Å². The molecule has 124 valence electrons. The number of carbonyl (C=O) groups excluding carboxylic acids is 1. The largest absolute Gasteiger partial charge is 0.500 e. The van der Waals surface area contributed by atoms with Gasteiger partial charge in [0.25, 0.3) is 0 Å². The smallest absolute Gasteiger partial charge is 0.170 e. The van der Waals surface area contributed by atoms with Gasteiger partial charge in [-0.15, -0.1) is 0 Å². The van der Waals surface area contributed by atoms with Crippen molar-refractivity contribution >= 4 is 33.0 Å². The Hall–Kier alpha value is -1.82. The van der Waals surface area contributed by atoms with Gasteiger partial charge in [-0.05, 0) is 31.5 Å². The number of methoxy groups -OCH3 is 2. The summed E-state index contributed by atoms with van der Waals surface area (Å²) in [6, 6.07) is 5.59. The molecule has 1 aliphatic rings. The number of ether oxygens (including phenoxy) is 2. The number of hydrogen-bond donors (Lipinski definition) is 0. The second kappa shape index (κ2) is 7.64. The molecule has 0 saturated heterocycles. The van der Waals surface area contributed by atoms with Crippen LogP contribution in [0.1, 0.15) is 25.3 Å². The van der Waals surface area contributed by atoms with E-state index in [0.717, 1.165) is 15.7 Å². The van der Waals surface area contributed by atoms with E-state index < -0.39 is 0 Å². The van der Waals surface area contributed by atoms with Crippen LogP contribution in [0.4, 0.5) is 0 Å². The minimum atomic E-state index is -0.192. The van der Waals surface area contributed by atoms with E-state index in [1.165, 1.54) is 7.11 Å². The summed E-state index contributed by atoms with van der Waals surface area (Å²) in [4.78, 5) is 17.7. The normalized spacial score (nSPS) is 18.4. The Kier molecular flexibility index (Phi) is 5.82. The Balaban J connectivity index is 2.39. The van der Waals surface area contributed by atoms with Gasteiger partial charge in [0.1, 0.15) is 18.6 Å². The number of rotatable bonds is 6. The van der Waals surface area contributed by atoms with Crippen molar-refractivity contribution in [1.29, 1.82) is 0 Å². The third kappa shape index (κ3) is 3.75. The molecule has 5 nitrogen and oxygen atoms in total. The number of carbonyl (C=O) groups is 1. The molecule has 0 spiro atoms. The van der Waals surface area contributed by atoms with Gasteiger partial charge in [0, 0.05) is 22.4 Å². The van der Waals surface area contributed by atoms with Gasteiger partial charge in [-0.1, -0.05) is 21.1 Å². The van der Waals surface area contributed by atoms with E-state index in [2.05, 4.69) is 21.1 Å². The molecule has 0 amide bonds. The molecule has 1 aliphatic carbocycles. The number of allylic oxidation sites excluding steroid dienone is 2. The Labute approximate surface area is 144 Å². The number of hydrogen-bond acceptors (Lipinski definition) is 5. The van der Waals surface area contributed by atoms with Crippen LogP contribution in [-0.2, 0) is 14.4 Å². The van der Waals surface area contributed by atoms with E-state index in [1.807, 2.05) is 25.1 Å². The molecule has 0 radical (unpaired) electrons. The van der Waals surface area contributed by atoms with Crippen molar-refractivity contribution < 1.29 is 19.1 Å². The molecule has 0 N–H and O–H groups in total. The highest BCUT2D eigenvalue weighted by atomic mass is 79.9. The first-order valence-corrected chi connectivity index (χ1v) is 8.03. The minimum Gasteiger partial charge on any atom is -0.500 e. The number of oxime groups is 1. The number of benzene rings is 1. The van der Waals surface area contributed by atoms with Gasteiger partial charge in [0.2, 0.25) is 0 Å². The molecule has 1 aromatic carbocycles. The van der Waals surface area contributed by atoms with Gasteiger partial charge in [-0.2, -0.15) is 0 Å². The molecule has 0 fully saturated rings. The molecule has 2 rings (SSSR count). The molecule has 1 aromatic rings. The maximum absolute atomic E-state index is 12.9. The second-order valence-electron chi connectivity index (χ2n) is 5.33. The highest BCUT2D eigenvalue weighted by Crippen LogP contribution is 2.41. The van der Waals surface area contributed by atoms with Crippen molar-refractivity contribution in [1.82, 2.24) is 0 Å². The summed E-state index contributed by atoms with van der Waals surface area (Å²) in [5.41, 5.74) is 2.11. The third-order valence-electron chi connectivity index (χ3n) is 3.79. The molecular formula is C17H20BrNO4. The average molecular weight is 382 g/mol. The molecular weight excluding hydrogens is 362 g/mol. The average Bonchev–Trinajstić information content (AvgIpc) is 2.83. The summed E-state index contributed by atoms with van der Waals surface area (Å²) in [7, 11) is 4.67. The van der Waals surface area contributed by atoms with Crippen molar-refractivity contribution in [3.63, 3.8) is 0 Å². The SMILES string of the molecule is CON=C(C)CC1CC(OC)=C(c2cc(Br)ccc2OC)C1=O. The molecule has 1 atom stereocenters. The quantitative estimate of drug-likeness (QED) is 0.555. The van der Waals surface area contributed by atoms with Crippen molar-refractivity contribution in [2.45, 2.75) is 19.8 Å². The summed E-state index contributed by atoms with van der Waals surface area (Å²) >= 11 is 3.44. The lowest BCUT2D eigenvalue weighted by molar-refractivity contribution is -0.116. The van der Waals surface area contributed by atoms with Gasteiger partial charge in [0.05, 0.1) is 25.5 Å². The van der Waals surface area contributed by atoms with Crippen molar-refractivity contribution in [3.8, 4) is 5.75 Å². The Bertz CT molecular complexity index is 667. The summed E-state index contributed by atoms with van der Waals surface area (Å²) in [5.74, 6) is 1.18. The standard InChI is InChI=1S/C17H20BrNO4/c1-10(19-23-4)7-11-8-15(22-3)16(17(11)20)13-9-12(18)5-6-14(13)21-2/h5-6,9,11H,7-8H2,1-4H3. The van der Waals surface area contributed by atoms with E-state index in [0.29, 0.717) is 29.9 Å². The van der Waals surface area contributed by atoms with Crippen molar-refractivity contribution in [2.75, 3.05) is 21.3 Å². The van der Waals surface area contributed by atoms with Crippen LogP contribution >= 0.6 is 15.9 Å². The molecule has 0 aliphatic heterocycles. The predicted octanol–water partition coefficient (Wildman–Crippen LogP) is 3.82. The summed E-state index contributed by atoms with van der Waals surface area (Å²) < 4.78 is 11.8. The molecule has 1 unspecified atom stereocenters. The van der Waals surface area contributed by atoms with Crippen LogP contribution in [0, 0.1) is 5.92 Å². The third-order valence-corrected chi connectivity index (χ3v) is 4.29. The Morgan fingerprint density at radius 2 is 2.04 bits per heavy atom. The first-order chi connectivity index (χ1) is 11.0. The van der Waals surface area contributed by atoms with Gasteiger partial charge >= 0.3 is 0 Å². The maximum atomic E-state index is 12.9. The van der Waals surface area contributed by atoms with E-state index in [9.17, 15) is 4.79 Å². The van der Waals surface area contributed by atoms with Crippen LogP contribution in [0.2, 0.25) is 0 Å². The fourth-order valence-corrected chi connectivity index (χ4v) is 3.18. The van der Waals surface area contributed by atoms with E-state index in [4.69, 9.17) is 14.3 Å². The topological polar surface area (TPSA) is 57.1 Å². The van der Waals surface area contributed by atoms with Crippen LogP contribution in [-0.4, -0.2) is 32.8 Å². The fourth-order valence-electron chi connectivity index (χ4n) is 2.82. The minimum absolute atomic E-state index is 0.0453. The zero-order valence-electron chi connectivity index (χ0n) is 13.7. The monoisotopic (exact) mass is 381 g/mol. The lowest BCUT2D eigenvalue weighted by atomic mass is 9.94. The van der Waals surface area contributed by atoms with Crippen LogP contribution in [0.25, 0.3) is 5.57 Å². The molecule has 0 bridgehead atoms. The Morgan fingerprint density at radius 1 is 1.30 bits per heavy atom. The first-order valence-electron chi connectivity index (χ1n) is 7.23. The van der Waals surface area contributed by atoms with E-state index in [-0.39, 0.29) is 11.7 Å². The van der Waals surface area contributed by atoms with Crippen LogP contribution in [0.5, 0.6) is 5.75 Å². The molecule has 0 aromatic heterocycles. The van der Waals surface area contributed by atoms with Crippen molar-refractivity contribution in [3.05, 3.63) is 34.0 Å². The summed E-state index contributed by atoms with van der Waals surface area (Å²) in [5, 5.41) is 3.89. The second-order valence-corrected chi connectivity index (χ2v) is 6.24. The van der Waals surface area contributed by atoms with Gasteiger partial charge in [-0.25, -0.2) is 0 Å². The maximum Gasteiger partial charge on any atom is 0.170 e. The highest BCUT2D eigenvalue weighted by molar-refractivity contribution is 9.10. The van der Waals surface area contributed by atoms with Crippen LogP contribution in [0.3, 0.4) is 0 Å². The summed E-state index contributed by atoms with van der Waals surface area (Å²) in [6.07, 6.45) is 1.09. The van der Waals surface area contributed by atoms with Gasteiger partial charge in [0.15, 0.2) is 5.78 Å². The zero-order valence-corrected chi connectivity index (χ0v) is 15.3. The number of halogens is 1. The zero-order chi connectivity index (χ0) is 17.0. The van der Waals surface area contributed by atoms with Crippen molar-refractivity contribution in [2.24, 2.45) is 11.1 Å². The van der Waals surface area contributed by atoms with Gasteiger partial charge in [-0.3, -0.25) is 4.79 Å². The van der Waals surface area contributed by atoms with Crippen LogP contribution in [0.15, 0.2) is 33.6 Å². The predicted molar refractivity (Wildman–Crippen MR) is 92.5 cm³/mol. The molecule has 6 heteroatoms. The number of nitrogens with zero attached hydrogens (tertiary/aromatic N) is 1. The van der Waals surface area contributed by atoms with E-state index >= 15 is 0 Å². The molecule has 23 heavy (non-hydrogen) atoms. The lowest BCUT2D eigenvalue weighted by Crippen LogP contribution is -2.14.